The molecule has 9 nitrogen and oxygen atoms in total. The van der Waals surface area contributed by atoms with Gasteiger partial charge in [0.05, 0.1) is 16.1 Å². The number of aromatic nitrogens is 4. The van der Waals surface area contributed by atoms with Gasteiger partial charge in [-0.05, 0) is 45.7 Å². The van der Waals surface area contributed by atoms with E-state index in [4.69, 9.17) is 0 Å². The first-order valence-electron chi connectivity index (χ1n) is 10.7. The highest BCUT2D eigenvalue weighted by molar-refractivity contribution is 7.89. The van der Waals surface area contributed by atoms with E-state index in [2.05, 4.69) is 44.0 Å². The van der Waals surface area contributed by atoms with Crippen molar-refractivity contribution in [2.45, 2.75) is 62.6 Å². The molecule has 13 heteroatoms. The summed E-state index contributed by atoms with van der Waals surface area (Å²) in [7, 11) is -3.81. The van der Waals surface area contributed by atoms with E-state index in [0.29, 0.717) is 29.8 Å². The van der Waals surface area contributed by atoms with Gasteiger partial charge in [0.15, 0.2) is 5.01 Å². The Labute approximate surface area is 194 Å². The van der Waals surface area contributed by atoms with Crippen LogP contribution in [0.5, 0.6) is 0 Å². The number of piperazine rings is 1. The summed E-state index contributed by atoms with van der Waals surface area (Å²) in [5, 5.41) is 10.7. The highest BCUT2D eigenvalue weighted by Crippen LogP contribution is 2.38. The number of fused-ring (bicyclic) bond motifs is 1. The van der Waals surface area contributed by atoms with E-state index in [0.717, 1.165) is 24.2 Å². The summed E-state index contributed by atoms with van der Waals surface area (Å²) < 4.78 is 57.0. The molecule has 2 aromatic heterocycles. The van der Waals surface area contributed by atoms with Gasteiger partial charge in [0.1, 0.15) is 11.8 Å². The number of rotatable bonds is 6. The average molecular weight is 498 g/mol. The first-order chi connectivity index (χ1) is 15.5. The van der Waals surface area contributed by atoms with Crippen LogP contribution < -0.4 is 14.9 Å². The predicted molar refractivity (Wildman–Crippen MR) is 122 cm³/mol. The number of benzene rings is 1. The lowest BCUT2D eigenvalue weighted by atomic mass is 10.1. The Morgan fingerprint density at radius 1 is 1.21 bits per heavy atom. The topological polar surface area (TPSA) is 105 Å². The number of alkyl halides is 2. The van der Waals surface area contributed by atoms with Crippen LogP contribution in [-0.2, 0) is 10.0 Å². The van der Waals surface area contributed by atoms with E-state index >= 15 is 0 Å². The molecule has 1 aromatic carbocycles. The lowest BCUT2D eigenvalue weighted by Gasteiger charge is -2.38. The van der Waals surface area contributed by atoms with Crippen LogP contribution in [0.2, 0.25) is 0 Å². The maximum absolute atomic E-state index is 13.3. The van der Waals surface area contributed by atoms with Gasteiger partial charge in [0.2, 0.25) is 15.2 Å². The third kappa shape index (κ3) is 4.34. The minimum Gasteiger partial charge on any atom is -0.367 e. The van der Waals surface area contributed by atoms with Gasteiger partial charge in [-0.25, -0.2) is 26.9 Å². The van der Waals surface area contributed by atoms with Crippen LogP contribution in [0.1, 0.15) is 45.0 Å². The van der Waals surface area contributed by atoms with Crippen LogP contribution in [0.15, 0.2) is 23.4 Å². The number of hydrogen-bond acceptors (Lipinski definition) is 8. The Morgan fingerprint density at radius 2 is 1.91 bits per heavy atom. The van der Waals surface area contributed by atoms with Crippen LogP contribution in [-0.4, -0.2) is 58.9 Å². The highest BCUT2D eigenvalue weighted by atomic mass is 32.2. The van der Waals surface area contributed by atoms with Crippen LogP contribution in [0, 0.1) is 0 Å². The van der Waals surface area contributed by atoms with Crippen molar-refractivity contribution in [2.75, 3.05) is 18.0 Å². The predicted octanol–water partition coefficient (Wildman–Crippen LogP) is 2.83. The van der Waals surface area contributed by atoms with Crippen molar-refractivity contribution in [1.29, 1.82) is 0 Å². The second-order valence-corrected chi connectivity index (χ2v) is 11.9. The Morgan fingerprint density at radius 3 is 2.52 bits per heavy atom. The number of anilines is 1. The average Bonchev–Trinajstić information content (AvgIpc) is 3.14. The van der Waals surface area contributed by atoms with Crippen LogP contribution in [0.25, 0.3) is 16.2 Å². The van der Waals surface area contributed by atoms with Gasteiger partial charge in [-0.2, -0.15) is 0 Å². The van der Waals surface area contributed by atoms with Crippen LogP contribution >= 0.6 is 11.3 Å². The fourth-order valence-electron chi connectivity index (χ4n) is 4.23. The van der Waals surface area contributed by atoms with Crippen molar-refractivity contribution < 1.29 is 17.2 Å². The molecule has 0 radical (unpaired) electrons. The van der Waals surface area contributed by atoms with E-state index in [-0.39, 0.29) is 22.1 Å². The number of nitrogens with one attached hydrogen (secondary N) is 2. The minimum absolute atomic E-state index is 0.109. The summed E-state index contributed by atoms with van der Waals surface area (Å²) in [4.78, 5) is 6.75. The zero-order valence-corrected chi connectivity index (χ0v) is 20.1. The fraction of sp³-hybridized carbons (Fsp3) is 0.550. The number of hydrogen-bond donors (Lipinski definition) is 2. The molecule has 3 aromatic rings. The first-order valence-corrected chi connectivity index (χ1v) is 13.0. The third-order valence-electron chi connectivity index (χ3n) is 6.02. The first kappa shape index (κ1) is 22.6. The zero-order valence-electron chi connectivity index (χ0n) is 18.4. The van der Waals surface area contributed by atoms with E-state index in [1.54, 1.807) is 6.07 Å². The molecule has 178 valence electrons. The SMILES string of the molecule is C[C@@H]1CN(c2cc(S(=O)(=O)NC3(C)CC3)cc3c2ncn3-c2nnc(C(F)F)s2)C[C@H](C)N1. The molecule has 0 spiro atoms. The van der Waals surface area contributed by atoms with E-state index < -0.39 is 27.0 Å². The standard InChI is InChI=1S/C20H25F2N7O2S2/c1-11-8-28(9-12(2)24-11)14-6-13(33(30,31)27-20(3)4-5-20)7-15-16(14)23-10-29(15)19-26-25-18(32-19)17(21)22/h6-7,10-12,17,24,27H,4-5,8-9H2,1-3H3/t11-,12+. The van der Waals surface area contributed by atoms with Gasteiger partial charge in [0, 0.05) is 30.7 Å². The summed E-state index contributed by atoms with van der Waals surface area (Å²) in [5.41, 5.74) is 1.31. The summed E-state index contributed by atoms with van der Waals surface area (Å²) in [6.45, 7) is 7.37. The van der Waals surface area contributed by atoms with Crippen molar-refractivity contribution in [3.8, 4) is 5.13 Å². The molecule has 3 heterocycles. The van der Waals surface area contributed by atoms with Gasteiger partial charge in [-0.1, -0.05) is 11.3 Å². The highest BCUT2D eigenvalue weighted by Gasteiger charge is 2.41. The molecule has 0 amide bonds. The molecule has 1 aliphatic carbocycles. The maximum Gasteiger partial charge on any atom is 0.291 e. The Hall–Kier alpha value is -2.22. The van der Waals surface area contributed by atoms with Crippen molar-refractivity contribution in [2.24, 2.45) is 0 Å². The molecule has 1 saturated carbocycles. The molecule has 33 heavy (non-hydrogen) atoms. The number of imidazole rings is 1. The lowest BCUT2D eigenvalue weighted by molar-refractivity contribution is 0.150. The maximum atomic E-state index is 13.3. The van der Waals surface area contributed by atoms with Gasteiger partial charge in [-0.15, -0.1) is 10.2 Å². The smallest absolute Gasteiger partial charge is 0.291 e. The fourth-order valence-corrected chi connectivity index (χ4v) is 6.42. The minimum atomic E-state index is -3.81. The molecular formula is C20H25F2N7O2S2. The van der Waals surface area contributed by atoms with Gasteiger partial charge in [0.25, 0.3) is 6.43 Å². The summed E-state index contributed by atoms with van der Waals surface area (Å²) in [6, 6.07) is 3.58. The van der Waals surface area contributed by atoms with E-state index in [9.17, 15) is 17.2 Å². The molecule has 1 saturated heterocycles. The molecular weight excluding hydrogens is 472 g/mol. The summed E-state index contributed by atoms with van der Waals surface area (Å²) in [6.07, 6.45) is 0.316. The van der Waals surface area contributed by atoms with Gasteiger partial charge >= 0.3 is 0 Å². The monoisotopic (exact) mass is 497 g/mol. The van der Waals surface area contributed by atoms with Crippen LogP contribution in [0.4, 0.5) is 14.5 Å². The van der Waals surface area contributed by atoms with E-state index in [1.807, 2.05) is 6.92 Å². The zero-order chi connectivity index (χ0) is 23.5. The largest absolute Gasteiger partial charge is 0.367 e. The van der Waals surface area contributed by atoms with Crippen molar-refractivity contribution in [3.63, 3.8) is 0 Å². The second-order valence-electron chi connectivity index (χ2n) is 9.19. The van der Waals surface area contributed by atoms with Gasteiger partial charge < -0.3 is 10.2 Å². The molecule has 2 fully saturated rings. The van der Waals surface area contributed by atoms with E-state index in [1.165, 1.54) is 17.0 Å². The molecule has 2 N–H and O–H groups in total. The number of sulfonamides is 1. The third-order valence-corrected chi connectivity index (χ3v) is 8.56. The molecule has 0 bridgehead atoms. The molecule has 5 rings (SSSR count). The Bertz CT molecular complexity index is 1290. The lowest BCUT2D eigenvalue weighted by Crippen LogP contribution is -2.54. The Kier molecular flexibility index (Phi) is 5.42. The quantitative estimate of drug-likeness (QED) is 0.540. The van der Waals surface area contributed by atoms with Gasteiger partial charge in [-0.3, -0.25) is 4.57 Å². The van der Waals surface area contributed by atoms with Crippen molar-refractivity contribution in [1.82, 2.24) is 29.8 Å². The Balaban J connectivity index is 1.67. The normalized spacial score (nSPS) is 22.9. The number of nitrogens with zero attached hydrogens (tertiary/aromatic N) is 5. The van der Waals surface area contributed by atoms with Crippen molar-refractivity contribution in [3.05, 3.63) is 23.5 Å². The molecule has 1 aliphatic heterocycles. The molecule has 2 aliphatic rings. The summed E-state index contributed by atoms with van der Waals surface area (Å²) >= 11 is 0.751. The van der Waals surface area contributed by atoms with Crippen molar-refractivity contribution >= 4 is 38.1 Å². The van der Waals surface area contributed by atoms with Crippen LogP contribution in [0.3, 0.4) is 0 Å². The summed E-state index contributed by atoms with van der Waals surface area (Å²) in [5.74, 6) is 0. The molecule has 2 atom stereocenters. The molecule has 0 unspecified atom stereocenters. The second kappa shape index (κ2) is 7.93. The number of halogens is 2.